The minimum atomic E-state index is -1.14. The third kappa shape index (κ3) is 4.86. The lowest BCUT2D eigenvalue weighted by Gasteiger charge is -2.38. The number of hydrogen-bond acceptors (Lipinski definition) is 4. The van der Waals surface area contributed by atoms with Crippen LogP contribution in [0.4, 0.5) is 16.3 Å². The summed E-state index contributed by atoms with van der Waals surface area (Å²) < 4.78 is 1.68. The topological polar surface area (TPSA) is 99.5 Å². The number of nitrogens with one attached hydrogen (secondary N) is 2. The van der Waals surface area contributed by atoms with Gasteiger partial charge in [0.05, 0.1) is 6.20 Å². The third-order valence-electron chi connectivity index (χ3n) is 5.91. The van der Waals surface area contributed by atoms with Gasteiger partial charge in [-0.3, -0.25) is 9.48 Å². The van der Waals surface area contributed by atoms with Gasteiger partial charge >= 0.3 is 6.09 Å². The van der Waals surface area contributed by atoms with Crippen LogP contribution in [0.1, 0.15) is 16.7 Å². The molecule has 0 aliphatic heterocycles. The Kier molecular flexibility index (Phi) is 7.11. The molecule has 0 saturated carbocycles. The number of carbonyl (C=O) groups excluding carboxylic acids is 1. The molecule has 35 heavy (non-hydrogen) atoms. The molecule has 2 amide bonds. The normalized spacial score (nSPS) is 11.0. The van der Waals surface area contributed by atoms with E-state index >= 15 is 0 Å². The summed E-state index contributed by atoms with van der Waals surface area (Å²) in [5.41, 5.74) is 2.77. The van der Waals surface area contributed by atoms with Gasteiger partial charge in [-0.05, 0) is 16.7 Å². The summed E-state index contributed by atoms with van der Waals surface area (Å²) in [5, 5.41) is 19.4. The van der Waals surface area contributed by atoms with Crippen LogP contribution in [0.2, 0.25) is 0 Å². The number of carbonyl (C=O) groups is 2. The third-order valence-corrected chi connectivity index (χ3v) is 5.91. The Balaban J connectivity index is 1.88. The molecule has 3 aromatic carbocycles. The zero-order valence-corrected chi connectivity index (χ0v) is 19.3. The highest BCUT2D eigenvalue weighted by Crippen LogP contribution is 2.41. The van der Waals surface area contributed by atoms with Crippen molar-refractivity contribution in [1.29, 1.82) is 0 Å². The molecule has 0 fully saturated rings. The first kappa shape index (κ1) is 23.6. The first-order valence-corrected chi connectivity index (χ1v) is 11.2. The second-order valence-electron chi connectivity index (χ2n) is 8.01. The predicted molar refractivity (Wildman–Crippen MR) is 135 cm³/mol. The Morgan fingerprint density at radius 3 is 1.86 bits per heavy atom. The number of hydrogen-bond donors (Lipinski definition) is 3. The maximum atomic E-state index is 12.0. The summed E-state index contributed by atoms with van der Waals surface area (Å²) >= 11 is 0. The summed E-state index contributed by atoms with van der Waals surface area (Å²) in [5.74, 6) is 0.615. The molecule has 0 radical (unpaired) electrons. The van der Waals surface area contributed by atoms with Crippen LogP contribution in [0.5, 0.6) is 0 Å². The average Bonchev–Trinajstić information content (AvgIpc) is 3.26. The number of anilines is 2. The first-order valence-electron chi connectivity index (χ1n) is 11.2. The standard InChI is InChI=1S/C27H27N5O3/c1-31-25(24(19-29-31)32(20-33)18-17-28-26(34)35)30-27(21-11-5-2-6-12-21,22-13-7-3-8-14-22)23-15-9-4-10-16-23/h2-16,19-20,28,30H,17-18H2,1H3,(H,34,35). The second-order valence-corrected chi connectivity index (χ2v) is 8.01. The molecule has 0 atom stereocenters. The molecule has 3 N–H and O–H groups in total. The smallest absolute Gasteiger partial charge is 0.404 e. The van der Waals surface area contributed by atoms with Crippen molar-refractivity contribution < 1.29 is 14.7 Å². The summed E-state index contributed by atoms with van der Waals surface area (Å²) in [4.78, 5) is 24.3. The Labute approximate surface area is 203 Å². The zero-order chi connectivity index (χ0) is 24.7. The average molecular weight is 470 g/mol. The van der Waals surface area contributed by atoms with E-state index in [-0.39, 0.29) is 13.1 Å². The number of benzene rings is 3. The number of aromatic nitrogens is 2. The van der Waals surface area contributed by atoms with Gasteiger partial charge in [0, 0.05) is 20.1 Å². The summed E-state index contributed by atoms with van der Waals surface area (Å²) in [6.45, 7) is 0.245. The van der Waals surface area contributed by atoms with Crippen LogP contribution in [-0.2, 0) is 17.4 Å². The van der Waals surface area contributed by atoms with E-state index in [9.17, 15) is 9.59 Å². The largest absolute Gasteiger partial charge is 0.465 e. The SMILES string of the molecule is Cn1ncc(N(C=O)CCNC(=O)O)c1NC(c1ccccc1)(c1ccccc1)c1ccccc1. The monoisotopic (exact) mass is 469 g/mol. The maximum Gasteiger partial charge on any atom is 0.404 e. The molecule has 0 saturated heterocycles. The van der Waals surface area contributed by atoms with Crippen LogP contribution < -0.4 is 15.5 Å². The summed E-state index contributed by atoms with van der Waals surface area (Å²) in [6.07, 6.45) is 1.14. The van der Waals surface area contributed by atoms with Crippen LogP contribution in [-0.4, -0.2) is 40.5 Å². The minimum Gasteiger partial charge on any atom is -0.465 e. The maximum absolute atomic E-state index is 12.0. The van der Waals surface area contributed by atoms with E-state index < -0.39 is 11.6 Å². The van der Waals surface area contributed by atoms with E-state index in [1.165, 1.54) is 4.90 Å². The molecular formula is C27H27N5O3. The Morgan fingerprint density at radius 1 is 0.943 bits per heavy atom. The van der Waals surface area contributed by atoms with Gasteiger partial charge in [0.2, 0.25) is 6.41 Å². The van der Waals surface area contributed by atoms with Gasteiger partial charge < -0.3 is 20.6 Å². The van der Waals surface area contributed by atoms with Crippen molar-refractivity contribution in [3.8, 4) is 0 Å². The Hall–Kier alpha value is -4.59. The molecular weight excluding hydrogens is 442 g/mol. The molecule has 1 heterocycles. The predicted octanol–water partition coefficient (Wildman–Crippen LogP) is 4.05. The molecule has 0 unspecified atom stereocenters. The number of carboxylic acid groups (broad SMARTS) is 1. The lowest BCUT2D eigenvalue weighted by atomic mass is 9.77. The van der Waals surface area contributed by atoms with Crippen molar-refractivity contribution in [3.63, 3.8) is 0 Å². The van der Waals surface area contributed by atoms with Crippen LogP contribution in [0, 0.1) is 0 Å². The van der Waals surface area contributed by atoms with Crippen LogP contribution in [0.25, 0.3) is 0 Å². The molecule has 8 heteroatoms. The van der Waals surface area contributed by atoms with Crippen LogP contribution in [0.15, 0.2) is 97.2 Å². The van der Waals surface area contributed by atoms with Gasteiger partial charge in [0.15, 0.2) is 0 Å². The van der Waals surface area contributed by atoms with Crippen LogP contribution >= 0.6 is 0 Å². The quantitative estimate of drug-likeness (QED) is 0.240. The molecule has 1 aromatic heterocycles. The molecule has 0 spiro atoms. The van der Waals surface area contributed by atoms with Crippen molar-refractivity contribution in [3.05, 3.63) is 114 Å². The van der Waals surface area contributed by atoms with Gasteiger partial charge in [-0.25, -0.2) is 4.79 Å². The molecule has 4 aromatic rings. The van der Waals surface area contributed by atoms with E-state index in [2.05, 4.69) is 52.1 Å². The first-order chi connectivity index (χ1) is 17.1. The van der Waals surface area contributed by atoms with Crippen molar-refractivity contribution in [2.45, 2.75) is 5.54 Å². The number of rotatable bonds is 10. The van der Waals surface area contributed by atoms with E-state index in [4.69, 9.17) is 5.11 Å². The van der Waals surface area contributed by atoms with Crippen molar-refractivity contribution >= 4 is 24.0 Å². The summed E-state index contributed by atoms with van der Waals surface area (Å²) in [7, 11) is 1.80. The molecule has 0 aliphatic carbocycles. The van der Waals surface area contributed by atoms with Crippen molar-refractivity contribution in [1.82, 2.24) is 15.1 Å². The highest BCUT2D eigenvalue weighted by molar-refractivity contribution is 5.83. The Bertz CT molecular complexity index is 1160. The minimum absolute atomic E-state index is 0.0869. The lowest BCUT2D eigenvalue weighted by Crippen LogP contribution is -2.40. The van der Waals surface area contributed by atoms with E-state index in [0.717, 1.165) is 16.7 Å². The fraction of sp³-hybridized carbons (Fsp3) is 0.148. The molecule has 8 nitrogen and oxygen atoms in total. The second kappa shape index (κ2) is 10.6. The fourth-order valence-corrected chi connectivity index (χ4v) is 4.25. The highest BCUT2D eigenvalue weighted by Gasteiger charge is 2.38. The highest BCUT2D eigenvalue weighted by atomic mass is 16.4. The molecule has 0 aliphatic rings. The zero-order valence-electron chi connectivity index (χ0n) is 19.3. The number of amides is 2. The van der Waals surface area contributed by atoms with Gasteiger partial charge in [0.25, 0.3) is 0 Å². The molecule has 4 rings (SSSR count). The van der Waals surface area contributed by atoms with E-state index in [0.29, 0.717) is 17.9 Å². The lowest BCUT2D eigenvalue weighted by molar-refractivity contribution is -0.107. The fourth-order valence-electron chi connectivity index (χ4n) is 4.25. The Morgan fingerprint density at radius 2 is 1.43 bits per heavy atom. The van der Waals surface area contributed by atoms with E-state index in [1.54, 1.807) is 17.9 Å². The van der Waals surface area contributed by atoms with E-state index in [1.807, 2.05) is 54.6 Å². The van der Waals surface area contributed by atoms with Gasteiger partial charge in [0.1, 0.15) is 17.0 Å². The van der Waals surface area contributed by atoms with Crippen molar-refractivity contribution in [2.75, 3.05) is 23.3 Å². The van der Waals surface area contributed by atoms with Crippen LogP contribution in [0.3, 0.4) is 0 Å². The molecule has 178 valence electrons. The molecule has 0 bridgehead atoms. The van der Waals surface area contributed by atoms with Gasteiger partial charge in [-0.1, -0.05) is 91.0 Å². The van der Waals surface area contributed by atoms with Gasteiger partial charge in [-0.15, -0.1) is 0 Å². The van der Waals surface area contributed by atoms with Gasteiger partial charge in [-0.2, -0.15) is 5.10 Å². The summed E-state index contributed by atoms with van der Waals surface area (Å²) in [6, 6.07) is 30.3. The number of nitrogens with zero attached hydrogens (tertiary/aromatic N) is 3. The van der Waals surface area contributed by atoms with Crippen molar-refractivity contribution in [2.24, 2.45) is 7.05 Å². The number of aryl methyl sites for hydroxylation is 1.